The Bertz CT molecular complexity index is 875. The minimum absolute atomic E-state index is 0.172. The molecule has 0 unspecified atom stereocenters. The van der Waals surface area contributed by atoms with Crippen LogP contribution in [0.15, 0.2) is 42.6 Å². The number of nitrogens with zero attached hydrogens (tertiary/aromatic N) is 2. The number of fused-ring (bicyclic) bond motifs is 1. The van der Waals surface area contributed by atoms with Crippen LogP contribution < -0.4 is 0 Å². The van der Waals surface area contributed by atoms with Crippen molar-refractivity contribution in [1.29, 1.82) is 0 Å². The quantitative estimate of drug-likeness (QED) is 0.470. The maximum absolute atomic E-state index is 13.0. The predicted octanol–water partition coefficient (Wildman–Crippen LogP) is 5.90. The lowest BCUT2D eigenvalue weighted by atomic mass is 10.3. The van der Waals surface area contributed by atoms with Gasteiger partial charge in [-0.2, -0.15) is 0 Å². The zero-order valence-corrected chi connectivity index (χ0v) is 17.1. The minimum atomic E-state index is -3.22. The van der Waals surface area contributed by atoms with Crippen molar-refractivity contribution in [2.24, 2.45) is 0 Å². The van der Waals surface area contributed by atoms with E-state index in [4.69, 9.17) is 9.05 Å². The third kappa shape index (κ3) is 4.77. The molecule has 0 amide bonds. The smallest absolute Gasteiger partial charge is 0.306 e. The molecule has 0 atom stereocenters. The first kappa shape index (κ1) is 19.2. The topological polar surface area (TPSA) is 61.3 Å². The van der Waals surface area contributed by atoms with E-state index in [0.29, 0.717) is 0 Å². The molecule has 0 radical (unpaired) electrons. The molecule has 0 aliphatic carbocycles. The number of hydrogen-bond acceptors (Lipinski definition) is 6. The molecular formula is C19H23N2O3PS. The summed E-state index contributed by atoms with van der Waals surface area (Å²) in [5, 5.41) is 0.873. The second kappa shape index (κ2) is 7.97. The Kier molecular flexibility index (Phi) is 5.88. The molecule has 0 saturated heterocycles. The number of pyridine rings is 1. The third-order valence-electron chi connectivity index (χ3n) is 3.46. The first-order valence-corrected chi connectivity index (χ1v) is 11.2. The van der Waals surface area contributed by atoms with Gasteiger partial charge in [0, 0.05) is 6.20 Å². The highest BCUT2D eigenvalue weighted by molar-refractivity contribution is 7.53. The molecule has 0 spiro atoms. The fraction of sp³-hybridized carbons (Fsp3) is 0.368. The lowest BCUT2D eigenvalue weighted by Gasteiger charge is -2.22. The van der Waals surface area contributed by atoms with Gasteiger partial charge < -0.3 is 9.05 Å². The van der Waals surface area contributed by atoms with Gasteiger partial charge in [-0.05, 0) is 51.5 Å². The van der Waals surface area contributed by atoms with Crippen molar-refractivity contribution in [2.75, 3.05) is 0 Å². The van der Waals surface area contributed by atoms with Gasteiger partial charge >= 0.3 is 7.60 Å². The SMILES string of the molecule is CC(C)OP(=O)(Cc1ccc(-c2nc3ccccc3s2)nc1)OC(C)C. The third-order valence-corrected chi connectivity index (χ3v) is 6.75. The van der Waals surface area contributed by atoms with Crippen molar-refractivity contribution in [3.63, 3.8) is 0 Å². The van der Waals surface area contributed by atoms with Gasteiger partial charge in [-0.3, -0.25) is 9.55 Å². The van der Waals surface area contributed by atoms with Crippen molar-refractivity contribution in [3.8, 4) is 10.7 Å². The van der Waals surface area contributed by atoms with E-state index in [1.54, 1.807) is 17.5 Å². The molecule has 3 aromatic rings. The fourth-order valence-electron chi connectivity index (χ4n) is 2.59. The average molecular weight is 390 g/mol. The Hall–Kier alpha value is -1.59. The molecule has 0 fully saturated rings. The molecule has 3 rings (SSSR count). The van der Waals surface area contributed by atoms with E-state index >= 15 is 0 Å². The Morgan fingerprint density at radius 3 is 2.31 bits per heavy atom. The van der Waals surface area contributed by atoms with Crippen molar-refractivity contribution in [1.82, 2.24) is 9.97 Å². The van der Waals surface area contributed by atoms with Crippen molar-refractivity contribution < 1.29 is 13.6 Å². The van der Waals surface area contributed by atoms with Crippen LogP contribution in [0.2, 0.25) is 0 Å². The summed E-state index contributed by atoms with van der Waals surface area (Å²) in [6.45, 7) is 7.41. The Labute approximate surface area is 157 Å². The van der Waals surface area contributed by atoms with Gasteiger partial charge in [-0.15, -0.1) is 11.3 Å². The fourth-order valence-corrected chi connectivity index (χ4v) is 5.65. The van der Waals surface area contributed by atoms with Crippen molar-refractivity contribution in [2.45, 2.75) is 46.1 Å². The summed E-state index contributed by atoms with van der Waals surface area (Å²) >= 11 is 1.61. The molecule has 26 heavy (non-hydrogen) atoms. The summed E-state index contributed by atoms with van der Waals surface area (Å²) in [6, 6.07) is 11.8. The first-order valence-electron chi connectivity index (χ1n) is 8.61. The zero-order valence-electron chi connectivity index (χ0n) is 15.4. The number of para-hydroxylation sites is 1. The summed E-state index contributed by atoms with van der Waals surface area (Å²) in [5.74, 6) is 0. The van der Waals surface area contributed by atoms with Crippen molar-refractivity contribution in [3.05, 3.63) is 48.2 Å². The Morgan fingerprint density at radius 2 is 1.73 bits per heavy atom. The molecule has 0 saturated carbocycles. The zero-order chi connectivity index (χ0) is 18.7. The van der Waals surface area contributed by atoms with Crippen LogP contribution in [0.3, 0.4) is 0 Å². The van der Waals surface area contributed by atoms with Crippen LogP contribution in [0.5, 0.6) is 0 Å². The molecule has 0 N–H and O–H groups in total. The molecule has 2 aromatic heterocycles. The second-order valence-electron chi connectivity index (χ2n) is 6.62. The Balaban J connectivity index is 1.80. The van der Waals surface area contributed by atoms with Crippen molar-refractivity contribution >= 4 is 29.1 Å². The molecular weight excluding hydrogens is 367 g/mol. The van der Waals surface area contributed by atoms with Crippen LogP contribution in [0, 0.1) is 0 Å². The van der Waals surface area contributed by atoms with Gasteiger partial charge in [-0.25, -0.2) is 4.98 Å². The van der Waals surface area contributed by atoms with E-state index in [0.717, 1.165) is 26.5 Å². The van der Waals surface area contributed by atoms with Crippen LogP contribution >= 0.6 is 18.9 Å². The maximum Gasteiger partial charge on any atom is 0.335 e. The summed E-state index contributed by atoms with van der Waals surface area (Å²) in [6.07, 6.45) is 1.59. The van der Waals surface area contributed by atoms with Crippen LogP contribution in [0.25, 0.3) is 20.9 Å². The summed E-state index contributed by atoms with van der Waals surface area (Å²) in [5.41, 5.74) is 2.59. The highest BCUT2D eigenvalue weighted by atomic mass is 32.1. The summed E-state index contributed by atoms with van der Waals surface area (Å²) in [7, 11) is -3.22. The molecule has 5 nitrogen and oxygen atoms in total. The van der Waals surface area contributed by atoms with Gasteiger partial charge in [-0.1, -0.05) is 18.2 Å². The van der Waals surface area contributed by atoms with Gasteiger partial charge in [0.1, 0.15) is 5.01 Å². The monoisotopic (exact) mass is 390 g/mol. The predicted molar refractivity (Wildman–Crippen MR) is 107 cm³/mol. The van der Waals surface area contributed by atoms with Gasteiger partial charge in [0.15, 0.2) is 0 Å². The lowest BCUT2D eigenvalue weighted by Crippen LogP contribution is -2.09. The maximum atomic E-state index is 13.0. The van der Waals surface area contributed by atoms with E-state index in [1.165, 1.54) is 0 Å². The lowest BCUT2D eigenvalue weighted by molar-refractivity contribution is 0.141. The summed E-state index contributed by atoms with van der Waals surface area (Å²) in [4.78, 5) is 9.12. The molecule has 7 heteroatoms. The van der Waals surface area contributed by atoms with Crippen LogP contribution in [-0.4, -0.2) is 22.2 Å². The van der Waals surface area contributed by atoms with E-state index in [9.17, 15) is 4.57 Å². The molecule has 0 aliphatic rings. The molecule has 2 heterocycles. The normalized spacial score (nSPS) is 12.4. The van der Waals surface area contributed by atoms with E-state index in [1.807, 2.05) is 64.1 Å². The number of thiazole rings is 1. The van der Waals surface area contributed by atoms with Crippen LogP contribution in [0.1, 0.15) is 33.3 Å². The molecule has 0 aliphatic heterocycles. The number of hydrogen-bond donors (Lipinski definition) is 0. The van der Waals surface area contributed by atoms with Gasteiger partial charge in [0.25, 0.3) is 0 Å². The van der Waals surface area contributed by atoms with Gasteiger partial charge in [0.05, 0.1) is 34.3 Å². The highest BCUT2D eigenvalue weighted by Crippen LogP contribution is 2.53. The molecule has 138 valence electrons. The van der Waals surface area contributed by atoms with Gasteiger partial charge in [0.2, 0.25) is 0 Å². The highest BCUT2D eigenvalue weighted by Gasteiger charge is 2.28. The van der Waals surface area contributed by atoms with E-state index < -0.39 is 7.60 Å². The van der Waals surface area contributed by atoms with E-state index in [2.05, 4.69) is 9.97 Å². The summed E-state index contributed by atoms with van der Waals surface area (Å²) < 4.78 is 25.3. The van der Waals surface area contributed by atoms with Crippen LogP contribution in [0.4, 0.5) is 0 Å². The number of benzene rings is 1. The molecule has 1 aromatic carbocycles. The first-order chi connectivity index (χ1) is 12.3. The number of rotatable bonds is 7. The largest absolute Gasteiger partial charge is 0.335 e. The molecule has 0 bridgehead atoms. The second-order valence-corrected chi connectivity index (χ2v) is 9.61. The Morgan fingerprint density at radius 1 is 1.04 bits per heavy atom. The van der Waals surface area contributed by atoms with Crippen LogP contribution in [-0.2, 0) is 19.8 Å². The average Bonchev–Trinajstić information content (AvgIpc) is 2.97. The number of aromatic nitrogens is 2. The standard InChI is InChI=1S/C19H23N2O3PS/c1-13(2)23-25(22,24-14(3)4)12-15-9-10-17(20-11-15)19-21-16-7-5-6-8-18(16)26-19/h5-11,13-14H,12H2,1-4H3. The van der Waals surface area contributed by atoms with E-state index in [-0.39, 0.29) is 18.4 Å². The minimum Gasteiger partial charge on any atom is -0.306 e.